The predicted molar refractivity (Wildman–Crippen MR) is 108 cm³/mol. The zero-order chi connectivity index (χ0) is 18.8. The number of hydrogen-bond acceptors (Lipinski definition) is 3. The molecule has 148 valence electrons. The molecule has 3 N–H and O–H groups in total. The summed E-state index contributed by atoms with van der Waals surface area (Å²) in [5, 5.41) is 9.60. The number of allylic oxidation sites excluding steroid dienone is 4. The van der Waals surface area contributed by atoms with Gasteiger partial charge in [0, 0.05) is 18.8 Å². The van der Waals surface area contributed by atoms with E-state index in [9.17, 15) is 5.11 Å². The Balaban J connectivity index is 1.54. The topological polar surface area (TPSA) is 55.5 Å². The number of aliphatic hydroxyl groups is 1. The van der Waals surface area contributed by atoms with Gasteiger partial charge in [-0.3, -0.25) is 0 Å². The van der Waals surface area contributed by atoms with E-state index in [1.165, 1.54) is 25.7 Å². The molecule has 3 nitrogen and oxygen atoms in total. The van der Waals surface area contributed by atoms with Crippen LogP contribution in [0.15, 0.2) is 23.3 Å². The molecule has 3 aliphatic carbocycles. The molecule has 0 aromatic carbocycles. The molecule has 0 bridgehead atoms. The summed E-state index contributed by atoms with van der Waals surface area (Å²) < 4.78 is 5.80. The first-order valence-corrected chi connectivity index (χ1v) is 10.7. The van der Waals surface area contributed by atoms with Gasteiger partial charge < -0.3 is 15.6 Å². The molecule has 3 heteroatoms. The minimum absolute atomic E-state index is 0.123. The van der Waals surface area contributed by atoms with E-state index in [-0.39, 0.29) is 17.6 Å². The Labute approximate surface area is 160 Å². The summed E-state index contributed by atoms with van der Waals surface area (Å²) in [7, 11) is 0. The molecule has 2 fully saturated rings. The van der Waals surface area contributed by atoms with Gasteiger partial charge in [0.1, 0.15) is 0 Å². The van der Waals surface area contributed by atoms with Crippen molar-refractivity contribution in [1.29, 1.82) is 0 Å². The Morgan fingerprint density at radius 2 is 2.12 bits per heavy atom. The van der Waals surface area contributed by atoms with E-state index in [0.717, 1.165) is 44.8 Å². The van der Waals surface area contributed by atoms with E-state index in [0.29, 0.717) is 11.8 Å². The lowest BCUT2D eigenvalue weighted by molar-refractivity contribution is 0.0960. The zero-order valence-electron chi connectivity index (χ0n) is 17.1. The van der Waals surface area contributed by atoms with Crippen LogP contribution in [-0.4, -0.2) is 30.5 Å². The fraction of sp³-hybridized carbons (Fsp3) is 0.826. The van der Waals surface area contributed by atoms with Crippen molar-refractivity contribution >= 4 is 0 Å². The molecule has 4 atom stereocenters. The number of rotatable bonds is 7. The summed E-state index contributed by atoms with van der Waals surface area (Å²) in [6.45, 7) is 8.75. The molecule has 0 aromatic rings. The van der Waals surface area contributed by atoms with E-state index < -0.39 is 0 Å². The third-order valence-electron chi connectivity index (χ3n) is 7.05. The molecule has 0 aromatic heterocycles. The molecule has 1 unspecified atom stereocenters. The number of aliphatic hydroxyl groups excluding tert-OH is 1. The summed E-state index contributed by atoms with van der Waals surface area (Å²) in [6, 6.07) is 0. The van der Waals surface area contributed by atoms with Gasteiger partial charge in [-0.25, -0.2) is 0 Å². The Bertz CT molecular complexity index is 552. The Morgan fingerprint density at radius 3 is 2.81 bits per heavy atom. The highest BCUT2D eigenvalue weighted by atomic mass is 16.5. The van der Waals surface area contributed by atoms with Crippen molar-refractivity contribution in [2.75, 3.05) is 19.8 Å². The lowest BCUT2D eigenvalue weighted by Crippen LogP contribution is -2.42. The summed E-state index contributed by atoms with van der Waals surface area (Å²) in [5.41, 5.74) is 9.42. The van der Waals surface area contributed by atoms with Crippen molar-refractivity contribution in [2.24, 2.45) is 28.9 Å². The van der Waals surface area contributed by atoms with Crippen molar-refractivity contribution < 1.29 is 9.84 Å². The van der Waals surface area contributed by atoms with E-state index in [2.05, 4.69) is 32.9 Å². The van der Waals surface area contributed by atoms with E-state index >= 15 is 0 Å². The number of nitrogens with two attached hydrogens (primary N) is 1. The highest BCUT2D eigenvalue weighted by Gasteiger charge is 2.44. The molecule has 0 amide bonds. The van der Waals surface area contributed by atoms with Gasteiger partial charge in [-0.15, -0.1) is 0 Å². The van der Waals surface area contributed by atoms with Crippen LogP contribution in [0, 0.1) is 23.2 Å². The molecular formula is C23H39NO2. The first-order valence-electron chi connectivity index (χ1n) is 10.7. The van der Waals surface area contributed by atoms with Gasteiger partial charge in [0.05, 0.1) is 6.61 Å². The Morgan fingerprint density at radius 1 is 1.31 bits per heavy atom. The lowest BCUT2D eigenvalue weighted by Gasteiger charge is -2.39. The van der Waals surface area contributed by atoms with Gasteiger partial charge in [0.2, 0.25) is 0 Å². The van der Waals surface area contributed by atoms with Crippen LogP contribution in [0.5, 0.6) is 0 Å². The van der Waals surface area contributed by atoms with Gasteiger partial charge in [-0.1, -0.05) is 32.9 Å². The molecule has 0 heterocycles. The molecule has 0 spiro atoms. The second kappa shape index (κ2) is 8.16. The third-order valence-corrected chi connectivity index (χ3v) is 7.05. The SMILES string of the molecule is CC(C)COCC[C@@H]1CCC2=CC(C)([C@H]3CC[C@](N)(CO)C3)CC=C2C1. The van der Waals surface area contributed by atoms with E-state index in [1.807, 2.05) is 0 Å². The molecule has 2 saturated carbocycles. The largest absolute Gasteiger partial charge is 0.394 e. The first kappa shape index (κ1) is 20.1. The minimum Gasteiger partial charge on any atom is -0.394 e. The maximum atomic E-state index is 9.60. The summed E-state index contributed by atoms with van der Waals surface area (Å²) in [6.07, 6.45) is 14.3. The van der Waals surface area contributed by atoms with Crippen LogP contribution in [-0.2, 0) is 4.74 Å². The van der Waals surface area contributed by atoms with Crippen molar-refractivity contribution in [2.45, 2.75) is 77.7 Å². The molecule has 3 rings (SSSR count). The maximum Gasteiger partial charge on any atom is 0.0611 e. The monoisotopic (exact) mass is 361 g/mol. The highest BCUT2D eigenvalue weighted by molar-refractivity contribution is 5.39. The van der Waals surface area contributed by atoms with Gasteiger partial charge in [0.25, 0.3) is 0 Å². The van der Waals surface area contributed by atoms with Crippen LogP contribution in [0.25, 0.3) is 0 Å². The Hall–Kier alpha value is -0.640. The number of hydrogen-bond donors (Lipinski definition) is 2. The summed E-state index contributed by atoms with van der Waals surface area (Å²) >= 11 is 0. The average molecular weight is 362 g/mol. The maximum absolute atomic E-state index is 9.60. The van der Waals surface area contributed by atoms with Gasteiger partial charge in [-0.05, 0) is 85.7 Å². The number of fused-ring (bicyclic) bond motifs is 1. The van der Waals surface area contributed by atoms with Crippen LogP contribution in [0.1, 0.15) is 72.1 Å². The first-order chi connectivity index (χ1) is 12.3. The van der Waals surface area contributed by atoms with E-state index in [4.69, 9.17) is 10.5 Å². The van der Waals surface area contributed by atoms with Crippen LogP contribution in [0.4, 0.5) is 0 Å². The van der Waals surface area contributed by atoms with Gasteiger partial charge >= 0.3 is 0 Å². The molecule has 26 heavy (non-hydrogen) atoms. The minimum atomic E-state index is -0.343. The Kier molecular flexibility index (Phi) is 6.31. The average Bonchev–Trinajstić information content (AvgIpc) is 3.02. The van der Waals surface area contributed by atoms with Gasteiger partial charge in [-0.2, -0.15) is 0 Å². The zero-order valence-corrected chi connectivity index (χ0v) is 17.1. The fourth-order valence-electron chi connectivity index (χ4n) is 5.21. The van der Waals surface area contributed by atoms with Crippen molar-refractivity contribution in [3.63, 3.8) is 0 Å². The molecule has 0 aliphatic heterocycles. The fourth-order valence-corrected chi connectivity index (χ4v) is 5.21. The van der Waals surface area contributed by atoms with Crippen molar-refractivity contribution in [3.05, 3.63) is 23.3 Å². The predicted octanol–water partition coefficient (Wildman–Crippen LogP) is 4.60. The summed E-state index contributed by atoms with van der Waals surface area (Å²) in [5.74, 6) is 2.02. The van der Waals surface area contributed by atoms with Crippen LogP contribution in [0.3, 0.4) is 0 Å². The number of ether oxygens (including phenoxy) is 1. The quantitative estimate of drug-likeness (QED) is 0.652. The highest BCUT2D eigenvalue weighted by Crippen LogP contribution is 2.51. The van der Waals surface area contributed by atoms with E-state index in [1.54, 1.807) is 11.1 Å². The molecule has 3 aliphatic rings. The molecule has 0 radical (unpaired) electrons. The molecular weight excluding hydrogens is 322 g/mol. The van der Waals surface area contributed by atoms with Crippen LogP contribution < -0.4 is 5.73 Å². The lowest BCUT2D eigenvalue weighted by atomic mass is 9.66. The van der Waals surface area contributed by atoms with Crippen molar-refractivity contribution in [1.82, 2.24) is 0 Å². The second-order valence-electron chi connectivity index (χ2n) is 9.94. The van der Waals surface area contributed by atoms with Gasteiger partial charge in [0.15, 0.2) is 0 Å². The van der Waals surface area contributed by atoms with Crippen molar-refractivity contribution in [3.8, 4) is 0 Å². The summed E-state index contributed by atoms with van der Waals surface area (Å²) in [4.78, 5) is 0. The third kappa shape index (κ3) is 4.61. The van der Waals surface area contributed by atoms with Crippen LogP contribution in [0.2, 0.25) is 0 Å². The van der Waals surface area contributed by atoms with Crippen LogP contribution >= 0.6 is 0 Å². The smallest absolute Gasteiger partial charge is 0.0611 e. The standard InChI is InChI=1S/C23H39NO2/c1-17(2)15-26-11-8-18-4-5-20-13-22(3,9-6-19(20)12-18)21-7-10-23(24,14-21)16-25/h6,13,17-18,21,25H,4-5,7-12,14-16,24H2,1-3H3/t18-,21-,22?,23+/m0/s1. The molecule has 0 saturated heterocycles. The normalized spacial score (nSPS) is 37.5. The second-order valence-corrected chi connectivity index (χ2v) is 9.94.